The number of aromatic nitrogens is 3. The molecule has 0 saturated heterocycles. The number of ether oxygens (including phenoxy) is 2. The fourth-order valence-corrected chi connectivity index (χ4v) is 3.61. The summed E-state index contributed by atoms with van der Waals surface area (Å²) < 4.78 is 68.5. The Kier molecular flexibility index (Phi) is 6.46. The number of anilines is 1. The molecular weight excluding hydrogens is 506 g/mol. The Bertz CT molecular complexity index is 1470. The molecule has 0 aliphatic carbocycles. The minimum absolute atomic E-state index is 0.00782. The zero-order valence-electron chi connectivity index (χ0n) is 18.3. The van der Waals surface area contributed by atoms with Gasteiger partial charge in [0.15, 0.2) is 23.0 Å². The van der Waals surface area contributed by atoms with Crippen LogP contribution in [0.25, 0.3) is 16.9 Å². The lowest BCUT2D eigenvalue weighted by molar-refractivity contribution is -0.143. The molecule has 0 unspecified atom stereocenters. The maximum absolute atomic E-state index is 15.0. The number of nitrogen functional groups attached to an aromatic ring is 1. The molecule has 0 atom stereocenters. The number of alkyl halides is 3. The summed E-state index contributed by atoms with van der Waals surface area (Å²) in [6.45, 7) is 0. The van der Waals surface area contributed by atoms with E-state index < -0.39 is 34.9 Å². The smallest absolute Gasteiger partial charge is 0.434 e. The van der Waals surface area contributed by atoms with E-state index in [2.05, 4.69) is 10.1 Å². The first-order valence-corrected chi connectivity index (χ1v) is 10.4. The summed E-state index contributed by atoms with van der Waals surface area (Å²) in [5.41, 5.74) is 7.82. The van der Waals surface area contributed by atoms with Crippen molar-refractivity contribution >= 4 is 23.3 Å². The van der Waals surface area contributed by atoms with Crippen molar-refractivity contribution in [2.24, 2.45) is 5.73 Å². The second-order valence-electron chi connectivity index (χ2n) is 7.27. The van der Waals surface area contributed by atoms with Crippen LogP contribution in [0.1, 0.15) is 16.1 Å². The number of carbonyl (C=O) groups excluding carboxylic acids is 1. The van der Waals surface area contributed by atoms with E-state index in [1.54, 1.807) is 6.07 Å². The molecule has 4 rings (SSSR count). The van der Waals surface area contributed by atoms with Gasteiger partial charge in [0.2, 0.25) is 0 Å². The van der Waals surface area contributed by atoms with Crippen molar-refractivity contribution in [3.63, 3.8) is 0 Å². The van der Waals surface area contributed by atoms with Gasteiger partial charge in [-0.3, -0.25) is 4.79 Å². The molecule has 4 N–H and O–H groups in total. The zero-order chi connectivity index (χ0) is 26.2. The number of benzene rings is 2. The van der Waals surface area contributed by atoms with Crippen molar-refractivity contribution in [3.05, 3.63) is 76.8 Å². The average Bonchev–Trinajstić information content (AvgIpc) is 3.25. The molecule has 2 aromatic heterocycles. The molecule has 36 heavy (non-hydrogen) atoms. The molecule has 2 heterocycles. The third kappa shape index (κ3) is 4.50. The first kappa shape index (κ1) is 24.8. The van der Waals surface area contributed by atoms with Gasteiger partial charge in [-0.25, -0.2) is 14.1 Å². The van der Waals surface area contributed by atoms with Gasteiger partial charge in [-0.05, 0) is 30.3 Å². The predicted molar refractivity (Wildman–Crippen MR) is 123 cm³/mol. The number of para-hydroxylation sites is 2. The number of pyridine rings is 1. The Morgan fingerprint density at radius 3 is 2.44 bits per heavy atom. The molecule has 0 aliphatic heterocycles. The molecule has 0 spiro atoms. The van der Waals surface area contributed by atoms with Gasteiger partial charge in [0.1, 0.15) is 28.0 Å². The second kappa shape index (κ2) is 9.38. The van der Waals surface area contributed by atoms with E-state index in [0.717, 1.165) is 12.1 Å². The minimum Gasteiger partial charge on any atom is -0.494 e. The Balaban J connectivity index is 1.88. The maximum Gasteiger partial charge on any atom is 0.434 e. The fraction of sp³-hybridized carbons (Fsp3) is 0.0870. The fourth-order valence-electron chi connectivity index (χ4n) is 3.46. The Morgan fingerprint density at radius 2 is 1.81 bits per heavy atom. The van der Waals surface area contributed by atoms with Crippen molar-refractivity contribution in [2.45, 2.75) is 6.18 Å². The van der Waals surface area contributed by atoms with Gasteiger partial charge in [-0.1, -0.05) is 23.7 Å². The highest BCUT2D eigenvalue weighted by Gasteiger charge is 2.43. The Morgan fingerprint density at radius 1 is 1.08 bits per heavy atom. The van der Waals surface area contributed by atoms with E-state index >= 15 is 0 Å². The van der Waals surface area contributed by atoms with Crippen LogP contribution in [-0.4, -0.2) is 27.8 Å². The van der Waals surface area contributed by atoms with Crippen LogP contribution in [0.4, 0.5) is 23.4 Å². The summed E-state index contributed by atoms with van der Waals surface area (Å²) in [4.78, 5) is 16.0. The number of carbonyl (C=O) groups is 1. The van der Waals surface area contributed by atoms with E-state index in [1.807, 2.05) is 0 Å². The first-order chi connectivity index (χ1) is 17.0. The number of nitrogens with zero attached hydrogens (tertiary/aromatic N) is 3. The van der Waals surface area contributed by atoms with Gasteiger partial charge in [-0.15, -0.1) is 0 Å². The molecule has 13 heteroatoms. The molecule has 0 radical (unpaired) electrons. The minimum atomic E-state index is -5.05. The van der Waals surface area contributed by atoms with Crippen molar-refractivity contribution in [3.8, 4) is 34.2 Å². The first-order valence-electron chi connectivity index (χ1n) is 10.0. The van der Waals surface area contributed by atoms with Gasteiger partial charge < -0.3 is 20.9 Å². The third-order valence-corrected chi connectivity index (χ3v) is 5.40. The Labute approximate surface area is 206 Å². The topological polar surface area (TPSA) is 118 Å². The SMILES string of the molecule is COc1ccccc1-n1nc(-c2ccc(Oc3ccnc(N)c3Cl)c(F)c2)c(C(N)=O)c1C(F)(F)F. The summed E-state index contributed by atoms with van der Waals surface area (Å²) in [5, 5.41) is 3.94. The second-order valence-corrected chi connectivity index (χ2v) is 7.65. The van der Waals surface area contributed by atoms with Crippen LogP contribution in [0, 0.1) is 5.82 Å². The molecule has 0 saturated carbocycles. The average molecular weight is 522 g/mol. The van der Waals surface area contributed by atoms with Crippen LogP contribution in [0.3, 0.4) is 0 Å². The van der Waals surface area contributed by atoms with Gasteiger partial charge >= 0.3 is 6.18 Å². The summed E-state index contributed by atoms with van der Waals surface area (Å²) in [7, 11) is 1.27. The van der Waals surface area contributed by atoms with Crippen LogP contribution < -0.4 is 20.9 Å². The molecule has 1 amide bonds. The lowest BCUT2D eigenvalue weighted by atomic mass is 10.0. The van der Waals surface area contributed by atoms with Crippen LogP contribution in [0.15, 0.2) is 54.7 Å². The molecule has 0 fully saturated rings. The molecule has 4 aromatic rings. The number of halogens is 5. The van der Waals surface area contributed by atoms with Gasteiger partial charge in [0.25, 0.3) is 5.91 Å². The highest BCUT2D eigenvalue weighted by atomic mass is 35.5. The summed E-state index contributed by atoms with van der Waals surface area (Å²) in [6, 6.07) is 10.3. The normalized spacial score (nSPS) is 11.4. The van der Waals surface area contributed by atoms with E-state index in [1.165, 1.54) is 43.6 Å². The number of rotatable bonds is 6. The van der Waals surface area contributed by atoms with Crippen LogP contribution in [-0.2, 0) is 6.18 Å². The standard InChI is InChI=1S/C23H16ClF4N5O3/c1-35-15-5-3-2-4-13(15)33-20(23(26,27)28)17(22(30)34)19(32-33)11-6-7-14(12(25)10-11)36-16-8-9-31-21(29)18(16)24/h2-10H,1H3,(H2,29,31)(H2,30,34). The highest BCUT2D eigenvalue weighted by molar-refractivity contribution is 6.34. The third-order valence-electron chi connectivity index (χ3n) is 5.02. The van der Waals surface area contributed by atoms with Crippen molar-refractivity contribution in [2.75, 3.05) is 12.8 Å². The summed E-state index contributed by atoms with van der Waals surface area (Å²) >= 11 is 6.01. The van der Waals surface area contributed by atoms with Crippen molar-refractivity contribution in [1.82, 2.24) is 14.8 Å². The van der Waals surface area contributed by atoms with E-state index in [0.29, 0.717) is 4.68 Å². The van der Waals surface area contributed by atoms with E-state index in [4.69, 9.17) is 32.5 Å². The van der Waals surface area contributed by atoms with Gasteiger partial charge in [-0.2, -0.15) is 18.3 Å². The highest BCUT2D eigenvalue weighted by Crippen LogP contribution is 2.41. The molecule has 186 valence electrons. The quantitative estimate of drug-likeness (QED) is 0.335. The predicted octanol–water partition coefficient (Wildman–Crippen LogP) is 5.23. The lowest BCUT2D eigenvalue weighted by Gasteiger charge is -2.14. The molecule has 0 aliphatic rings. The molecule has 0 bridgehead atoms. The number of amides is 1. The van der Waals surface area contributed by atoms with Crippen LogP contribution >= 0.6 is 11.6 Å². The van der Waals surface area contributed by atoms with E-state index in [9.17, 15) is 22.4 Å². The van der Waals surface area contributed by atoms with Crippen LogP contribution in [0.2, 0.25) is 5.02 Å². The molecule has 2 aromatic carbocycles. The Hall–Kier alpha value is -4.32. The molecular formula is C23H16ClF4N5O3. The maximum atomic E-state index is 15.0. The zero-order valence-corrected chi connectivity index (χ0v) is 19.1. The molecule has 8 nitrogen and oxygen atoms in total. The van der Waals surface area contributed by atoms with E-state index in [-0.39, 0.29) is 39.3 Å². The number of methoxy groups -OCH3 is 1. The van der Waals surface area contributed by atoms with Gasteiger partial charge in [0, 0.05) is 17.8 Å². The van der Waals surface area contributed by atoms with Crippen LogP contribution in [0.5, 0.6) is 17.2 Å². The number of hydrogen-bond donors (Lipinski definition) is 2. The number of primary amides is 1. The largest absolute Gasteiger partial charge is 0.494 e. The summed E-state index contributed by atoms with van der Waals surface area (Å²) in [6.07, 6.45) is -3.75. The number of hydrogen-bond acceptors (Lipinski definition) is 6. The number of nitrogens with two attached hydrogens (primary N) is 2. The summed E-state index contributed by atoms with van der Waals surface area (Å²) in [5.74, 6) is -2.68. The monoisotopic (exact) mass is 521 g/mol. The lowest BCUT2D eigenvalue weighted by Crippen LogP contribution is -2.21. The van der Waals surface area contributed by atoms with Gasteiger partial charge in [0.05, 0.1) is 12.7 Å². The van der Waals surface area contributed by atoms with Crippen molar-refractivity contribution < 1.29 is 31.8 Å². The van der Waals surface area contributed by atoms with Crippen molar-refractivity contribution in [1.29, 1.82) is 0 Å².